The predicted molar refractivity (Wildman–Crippen MR) is 74.4 cm³/mol. The van der Waals surface area contributed by atoms with Gasteiger partial charge in [0.15, 0.2) is 0 Å². The van der Waals surface area contributed by atoms with Crippen molar-refractivity contribution in [1.82, 2.24) is 4.98 Å². The highest BCUT2D eigenvalue weighted by Gasteiger charge is 2.11. The fourth-order valence-electron chi connectivity index (χ4n) is 1.96. The first-order valence-electron chi connectivity index (χ1n) is 6.14. The fraction of sp³-hybridized carbons (Fsp3) is 0.250. The minimum atomic E-state index is 0.371. The number of pyridine rings is 1. The summed E-state index contributed by atoms with van der Waals surface area (Å²) in [6.07, 6.45) is 1.66. The van der Waals surface area contributed by atoms with Gasteiger partial charge < -0.3 is 4.74 Å². The first kappa shape index (κ1) is 13.1. The largest absolute Gasteiger partial charge is 0.437 e. The lowest BCUT2D eigenvalue weighted by Crippen LogP contribution is -1.97. The number of hydrogen-bond donors (Lipinski definition) is 0. The summed E-state index contributed by atoms with van der Waals surface area (Å²) in [7, 11) is 0. The van der Waals surface area contributed by atoms with Gasteiger partial charge in [-0.1, -0.05) is 6.07 Å². The molecular weight excluding hydrogens is 236 g/mol. The van der Waals surface area contributed by atoms with E-state index >= 15 is 0 Å². The molecule has 0 fully saturated rings. The summed E-state index contributed by atoms with van der Waals surface area (Å²) >= 11 is 0. The first-order valence-corrected chi connectivity index (χ1v) is 6.14. The van der Waals surface area contributed by atoms with E-state index in [-0.39, 0.29) is 0 Å². The lowest BCUT2D eigenvalue weighted by Gasteiger charge is -2.12. The maximum absolute atomic E-state index is 9.19. The van der Waals surface area contributed by atoms with Crippen LogP contribution in [0.25, 0.3) is 0 Å². The molecule has 2 rings (SSSR count). The third-order valence-electron chi connectivity index (χ3n) is 3.21. The van der Waals surface area contributed by atoms with E-state index in [0.717, 1.165) is 22.4 Å². The molecule has 0 radical (unpaired) electrons. The number of aromatic nitrogens is 1. The monoisotopic (exact) mass is 252 g/mol. The molecule has 0 atom stereocenters. The van der Waals surface area contributed by atoms with Gasteiger partial charge in [0.25, 0.3) is 0 Å². The molecular formula is C16H16N2O. The fourth-order valence-corrected chi connectivity index (χ4v) is 1.96. The third kappa shape index (κ3) is 2.58. The number of aryl methyl sites for hydroxylation is 3. The van der Waals surface area contributed by atoms with E-state index in [2.05, 4.69) is 17.1 Å². The van der Waals surface area contributed by atoms with Crippen molar-refractivity contribution in [2.24, 2.45) is 0 Å². The van der Waals surface area contributed by atoms with Crippen LogP contribution < -0.4 is 4.74 Å². The number of benzene rings is 1. The molecule has 0 aliphatic heterocycles. The second kappa shape index (κ2) is 5.11. The molecule has 0 saturated carbocycles. The van der Waals surface area contributed by atoms with E-state index in [0.29, 0.717) is 11.4 Å². The third-order valence-corrected chi connectivity index (χ3v) is 3.21. The zero-order valence-corrected chi connectivity index (χ0v) is 11.6. The van der Waals surface area contributed by atoms with Crippen LogP contribution in [0.1, 0.15) is 27.8 Å². The molecule has 0 spiro atoms. The molecule has 3 nitrogen and oxygen atoms in total. The van der Waals surface area contributed by atoms with Crippen molar-refractivity contribution in [3.63, 3.8) is 0 Å². The molecule has 0 amide bonds. The Kier molecular flexibility index (Phi) is 3.52. The Morgan fingerprint density at radius 2 is 1.84 bits per heavy atom. The van der Waals surface area contributed by atoms with Gasteiger partial charge in [-0.15, -0.1) is 0 Å². The summed E-state index contributed by atoms with van der Waals surface area (Å²) in [6, 6.07) is 8.02. The Hall–Kier alpha value is -2.34. The summed E-state index contributed by atoms with van der Waals surface area (Å²) < 4.78 is 5.84. The Morgan fingerprint density at radius 1 is 1.11 bits per heavy atom. The smallest absolute Gasteiger partial charge is 0.237 e. The Balaban J connectivity index is 2.48. The second-order valence-corrected chi connectivity index (χ2v) is 4.73. The zero-order chi connectivity index (χ0) is 14.0. The molecule has 3 heteroatoms. The highest BCUT2D eigenvalue weighted by molar-refractivity contribution is 5.48. The Morgan fingerprint density at radius 3 is 2.53 bits per heavy atom. The van der Waals surface area contributed by atoms with Gasteiger partial charge in [0.2, 0.25) is 5.88 Å². The lowest BCUT2D eigenvalue weighted by molar-refractivity contribution is 0.456. The van der Waals surface area contributed by atoms with Gasteiger partial charge in [-0.2, -0.15) is 5.26 Å². The topological polar surface area (TPSA) is 45.9 Å². The van der Waals surface area contributed by atoms with Crippen LogP contribution in [-0.4, -0.2) is 4.98 Å². The molecule has 0 unspecified atom stereocenters. The van der Waals surface area contributed by atoms with Gasteiger partial charge in [-0.3, -0.25) is 0 Å². The quantitative estimate of drug-likeness (QED) is 0.812. The van der Waals surface area contributed by atoms with Crippen molar-refractivity contribution in [3.05, 3.63) is 52.2 Å². The van der Waals surface area contributed by atoms with E-state index in [1.807, 2.05) is 33.8 Å². The van der Waals surface area contributed by atoms with Gasteiger partial charge >= 0.3 is 0 Å². The molecule has 1 heterocycles. The molecule has 19 heavy (non-hydrogen) atoms. The van der Waals surface area contributed by atoms with Gasteiger partial charge in [-0.05, 0) is 62.1 Å². The van der Waals surface area contributed by atoms with Crippen molar-refractivity contribution in [1.29, 1.82) is 5.26 Å². The van der Waals surface area contributed by atoms with E-state index < -0.39 is 0 Å². The van der Waals surface area contributed by atoms with Crippen LogP contribution in [0.5, 0.6) is 11.6 Å². The van der Waals surface area contributed by atoms with Crippen LogP contribution in [0, 0.1) is 39.0 Å². The van der Waals surface area contributed by atoms with Gasteiger partial charge in [0.05, 0.1) is 0 Å². The van der Waals surface area contributed by atoms with Crippen LogP contribution in [0.2, 0.25) is 0 Å². The predicted octanol–water partition coefficient (Wildman–Crippen LogP) is 3.98. The molecule has 1 aromatic carbocycles. The van der Waals surface area contributed by atoms with E-state index in [4.69, 9.17) is 4.74 Å². The summed E-state index contributed by atoms with van der Waals surface area (Å²) in [5.41, 5.74) is 4.72. The van der Waals surface area contributed by atoms with Gasteiger partial charge in [-0.25, -0.2) is 4.98 Å². The van der Waals surface area contributed by atoms with Crippen LogP contribution >= 0.6 is 0 Å². The first-order chi connectivity index (χ1) is 9.02. The van der Waals surface area contributed by atoms with Gasteiger partial charge in [0, 0.05) is 6.20 Å². The highest BCUT2D eigenvalue weighted by Crippen LogP contribution is 2.29. The number of hydrogen-bond acceptors (Lipinski definition) is 3. The standard InChI is InChI=1S/C16H16N2O/c1-10-7-12(3)13(4)15(8-10)19-16-14(9-17)11(2)5-6-18-16/h5-8H,1-4H3. The van der Waals surface area contributed by atoms with E-state index in [9.17, 15) is 5.26 Å². The molecule has 0 aliphatic carbocycles. The van der Waals surface area contributed by atoms with Crippen molar-refractivity contribution in [2.75, 3.05) is 0 Å². The minimum Gasteiger partial charge on any atom is -0.437 e. The summed E-state index contributed by atoms with van der Waals surface area (Å²) in [4.78, 5) is 4.16. The second-order valence-electron chi connectivity index (χ2n) is 4.73. The summed E-state index contributed by atoms with van der Waals surface area (Å²) in [5, 5.41) is 9.19. The van der Waals surface area contributed by atoms with Gasteiger partial charge in [0.1, 0.15) is 17.4 Å². The van der Waals surface area contributed by atoms with Crippen LogP contribution in [0.15, 0.2) is 24.4 Å². The number of ether oxygens (including phenoxy) is 1. The molecule has 96 valence electrons. The van der Waals surface area contributed by atoms with Crippen LogP contribution in [0.3, 0.4) is 0 Å². The molecule has 0 aliphatic rings. The summed E-state index contributed by atoms with van der Waals surface area (Å²) in [5.74, 6) is 1.13. The van der Waals surface area contributed by atoms with E-state index in [1.165, 1.54) is 5.56 Å². The van der Waals surface area contributed by atoms with E-state index in [1.54, 1.807) is 12.3 Å². The van der Waals surface area contributed by atoms with Crippen LogP contribution in [0.4, 0.5) is 0 Å². The summed E-state index contributed by atoms with van der Waals surface area (Å²) in [6.45, 7) is 7.95. The average Bonchev–Trinajstić information content (AvgIpc) is 2.35. The number of nitrogens with zero attached hydrogens (tertiary/aromatic N) is 2. The Labute approximate surface area is 113 Å². The maximum atomic E-state index is 9.19. The van der Waals surface area contributed by atoms with Crippen molar-refractivity contribution in [3.8, 4) is 17.7 Å². The van der Waals surface area contributed by atoms with Crippen molar-refractivity contribution >= 4 is 0 Å². The van der Waals surface area contributed by atoms with Crippen molar-refractivity contribution < 1.29 is 4.74 Å². The molecule has 1 aromatic heterocycles. The molecule has 0 bridgehead atoms. The van der Waals surface area contributed by atoms with Crippen LogP contribution in [-0.2, 0) is 0 Å². The molecule has 0 N–H and O–H groups in total. The number of rotatable bonds is 2. The van der Waals surface area contributed by atoms with Crippen molar-refractivity contribution in [2.45, 2.75) is 27.7 Å². The highest BCUT2D eigenvalue weighted by atomic mass is 16.5. The maximum Gasteiger partial charge on any atom is 0.237 e. The lowest BCUT2D eigenvalue weighted by atomic mass is 10.1. The zero-order valence-electron chi connectivity index (χ0n) is 11.6. The molecule has 2 aromatic rings. The SMILES string of the molecule is Cc1cc(C)c(C)c(Oc2nccc(C)c2C#N)c1. The minimum absolute atomic E-state index is 0.371. The molecule has 0 saturated heterocycles. The average molecular weight is 252 g/mol. The Bertz CT molecular complexity index is 669. The number of nitriles is 1. The normalized spacial score (nSPS) is 10.1.